The van der Waals surface area contributed by atoms with E-state index < -0.39 is 0 Å². The number of amides is 1. The summed E-state index contributed by atoms with van der Waals surface area (Å²) in [4.78, 5) is 23.8. The molecular weight excluding hydrogens is 398 g/mol. The average molecular weight is 417 g/mol. The summed E-state index contributed by atoms with van der Waals surface area (Å²) in [6, 6.07) is 12.1. The molecule has 1 atom stereocenters. The molecule has 2 aromatic carbocycles. The monoisotopic (exact) mass is 417 g/mol. The smallest absolute Gasteiger partial charge is 0.262 e. The van der Waals surface area contributed by atoms with Gasteiger partial charge in [-0.1, -0.05) is 6.07 Å². The number of carbonyl (C=O) groups excluding carboxylic acids is 1. The molecule has 5 rings (SSSR count). The molecular formula is C23H19N3O3S. The maximum atomic E-state index is 13.3. The van der Waals surface area contributed by atoms with Gasteiger partial charge in [0.05, 0.1) is 21.5 Å². The Morgan fingerprint density at radius 2 is 2.00 bits per heavy atom. The fourth-order valence-electron chi connectivity index (χ4n) is 4.03. The highest BCUT2D eigenvalue weighted by atomic mass is 32.1. The van der Waals surface area contributed by atoms with Gasteiger partial charge in [-0.2, -0.15) is 0 Å². The maximum Gasteiger partial charge on any atom is 0.262 e. The summed E-state index contributed by atoms with van der Waals surface area (Å²) in [5, 5.41) is 21.7. The van der Waals surface area contributed by atoms with E-state index in [-0.39, 0.29) is 29.0 Å². The zero-order chi connectivity index (χ0) is 20.8. The van der Waals surface area contributed by atoms with Gasteiger partial charge < -0.3 is 15.1 Å². The van der Waals surface area contributed by atoms with E-state index in [1.54, 1.807) is 22.6 Å². The van der Waals surface area contributed by atoms with Gasteiger partial charge in [0.25, 0.3) is 5.91 Å². The first-order valence-corrected chi connectivity index (χ1v) is 10.6. The van der Waals surface area contributed by atoms with Gasteiger partial charge >= 0.3 is 0 Å². The van der Waals surface area contributed by atoms with Crippen LogP contribution in [-0.2, 0) is 6.42 Å². The predicted octanol–water partition coefficient (Wildman–Crippen LogP) is 4.75. The van der Waals surface area contributed by atoms with Crippen LogP contribution in [0.3, 0.4) is 0 Å². The molecule has 4 aromatic rings. The molecule has 1 amide bonds. The van der Waals surface area contributed by atoms with Crippen molar-refractivity contribution in [1.82, 2.24) is 9.97 Å². The number of phenols is 2. The molecule has 0 aliphatic carbocycles. The average Bonchev–Trinajstić information content (AvgIpc) is 3.22. The number of fused-ring (bicyclic) bond motifs is 2. The van der Waals surface area contributed by atoms with Gasteiger partial charge in [0.1, 0.15) is 17.8 Å². The SMILES string of the molecule is C[C@H]1CCc2cc(-c3ncnc4ccsc34)ccc2N1C(=O)c1ccc(O)cc1O. The molecule has 2 aromatic heterocycles. The lowest BCUT2D eigenvalue weighted by Gasteiger charge is -2.35. The largest absolute Gasteiger partial charge is 0.508 e. The number of benzene rings is 2. The van der Waals surface area contributed by atoms with Crippen LogP contribution in [0.2, 0.25) is 0 Å². The van der Waals surface area contributed by atoms with Crippen molar-refractivity contribution < 1.29 is 15.0 Å². The van der Waals surface area contributed by atoms with E-state index in [1.165, 1.54) is 18.2 Å². The van der Waals surface area contributed by atoms with Gasteiger partial charge in [-0.3, -0.25) is 4.79 Å². The van der Waals surface area contributed by atoms with Crippen LogP contribution in [0.4, 0.5) is 5.69 Å². The minimum atomic E-state index is -0.281. The molecule has 0 unspecified atom stereocenters. The molecule has 0 bridgehead atoms. The van der Waals surface area contributed by atoms with Gasteiger partial charge in [-0.05, 0) is 61.0 Å². The van der Waals surface area contributed by atoms with Crippen molar-refractivity contribution in [1.29, 1.82) is 0 Å². The molecule has 7 heteroatoms. The van der Waals surface area contributed by atoms with E-state index in [2.05, 4.69) is 16.0 Å². The molecule has 1 aliphatic heterocycles. The second-order valence-electron chi connectivity index (χ2n) is 7.47. The highest BCUT2D eigenvalue weighted by Gasteiger charge is 2.30. The molecule has 150 valence electrons. The summed E-state index contributed by atoms with van der Waals surface area (Å²) in [5.74, 6) is -0.584. The molecule has 6 nitrogen and oxygen atoms in total. The van der Waals surface area contributed by atoms with E-state index >= 15 is 0 Å². The highest BCUT2D eigenvalue weighted by Crippen LogP contribution is 2.38. The highest BCUT2D eigenvalue weighted by molar-refractivity contribution is 7.17. The van der Waals surface area contributed by atoms with E-state index in [4.69, 9.17) is 0 Å². The van der Waals surface area contributed by atoms with Crippen LogP contribution < -0.4 is 4.90 Å². The summed E-state index contributed by atoms with van der Waals surface area (Å²) in [6.07, 6.45) is 3.25. The zero-order valence-corrected chi connectivity index (χ0v) is 17.1. The van der Waals surface area contributed by atoms with Crippen molar-refractivity contribution in [3.63, 3.8) is 0 Å². The molecule has 3 heterocycles. The van der Waals surface area contributed by atoms with Crippen LogP contribution >= 0.6 is 11.3 Å². The van der Waals surface area contributed by atoms with Crippen molar-refractivity contribution in [2.24, 2.45) is 0 Å². The van der Waals surface area contributed by atoms with Crippen LogP contribution in [0.25, 0.3) is 21.5 Å². The number of hydrogen-bond donors (Lipinski definition) is 2. The second-order valence-corrected chi connectivity index (χ2v) is 8.38. The van der Waals surface area contributed by atoms with Crippen LogP contribution in [0.15, 0.2) is 54.2 Å². The Morgan fingerprint density at radius 1 is 1.13 bits per heavy atom. The van der Waals surface area contributed by atoms with Crippen molar-refractivity contribution in [3.8, 4) is 22.8 Å². The Kier molecular flexibility index (Phi) is 4.40. The zero-order valence-electron chi connectivity index (χ0n) is 16.2. The lowest BCUT2D eigenvalue weighted by molar-refractivity contribution is 0.0972. The fourth-order valence-corrected chi connectivity index (χ4v) is 4.89. The molecule has 2 N–H and O–H groups in total. The molecule has 1 aliphatic rings. The normalized spacial score (nSPS) is 15.9. The molecule has 0 radical (unpaired) electrons. The van der Waals surface area contributed by atoms with Crippen molar-refractivity contribution in [3.05, 3.63) is 65.3 Å². The minimum Gasteiger partial charge on any atom is -0.508 e. The van der Waals surface area contributed by atoms with Crippen LogP contribution in [0.1, 0.15) is 29.3 Å². The van der Waals surface area contributed by atoms with E-state index in [1.807, 2.05) is 30.5 Å². The number of thiophene rings is 1. The number of aromatic hydroxyl groups is 2. The van der Waals surface area contributed by atoms with Crippen molar-refractivity contribution >= 4 is 33.1 Å². The molecule has 0 saturated carbocycles. The van der Waals surface area contributed by atoms with Gasteiger partial charge in [0, 0.05) is 23.4 Å². The molecule has 0 spiro atoms. The standard InChI is InChI=1S/C23H19N3O3S/c1-13-2-3-14-10-15(21-22-18(8-9-30-22)24-12-25-21)4-7-19(14)26(13)23(29)17-6-5-16(27)11-20(17)28/h4-13,27-28H,2-3H2,1H3/t13-/m0/s1. The third-order valence-corrected chi connectivity index (χ3v) is 6.47. The summed E-state index contributed by atoms with van der Waals surface area (Å²) in [6.45, 7) is 2.01. The quantitative estimate of drug-likeness (QED) is 0.491. The van der Waals surface area contributed by atoms with Crippen LogP contribution in [0, 0.1) is 0 Å². The minimum absolute atomic E-state index is 0.00731. The van der Waals surface area contributed by atoms with Gasteiger partial charge in [-0.15, -0.1) is 11.3 Å². The van der Waals surface area contributed by atoms with Crippen molar-refractivity contribution in [2.75, 3.05) is 4.90 Å². The van der Waals surface area contributed by atoms with Crippen LogP contribution in [0.5, 0.6) is 11.5 Å². The number of anilines is 1. The summed E-state index contributed by atoms with van der Waals surface area (Å²) >= 11 is 1.61. The molecule has 0 saturated heterocycles. The Balaban J connectivity index is 1.57. The first-order valence-electron chi connectivity index (χ1n) is 9.70. The Bertz CT molecular complexity index is 1280. The van der Waals surface area contributed by atoms with Gasteiger partial charge in [-0.25, -0.2) is 9.97 Å². The van der Waals surface area contributed by atoms with Gasteiger partial charge in [0.15, 0.2) is 0 Å². The fraction of sp³-hybridized carbons (Fsp3) is 0.174. The van der Waals surface area contributed by atoms with Crippen molar-refractivity contribution in [2.45, 2.75) is 25.8 Å². The maximum absolute atomic E-state index is 13.3. The Morgan fingerprint density at radius 3 is 2.83 bits per heavy atom. The number of nitrogens with zero attached hydrogens (tertiary/aromatic N) is 3. The predicted molar refractivity (Wildman–Crippen MR) is 117 cm³/mol. The number of aromatic nitrogens is 2. The lowest BCUT2D eigenvalue weighted by Crippen LogP contribution is -2.42. The summed E-state index contributed by atoms with van der Waals surface area (Å²) in [7, 11) is 0. The van der Waals surface area contributed by atoms with E-state index in [9.17, 15) is 15.0 Å². The Hall–Kier alpha value is -3.45. The first kappa shape index (κ1) is 18.6. The van der Waals surface area contributed by atoms with Gasteiger partial charge in [0.2, 0.25) is 0 Å². The summed E-state index contributed by atoms with van der Waals surface area (Å²) in [5.41, 5.74) is 4.90. The number of aryl methyl sites for hydroxylation is 1. The van der Waals surface area contributed by atoms with E-state index in [0.29, 0.717) is 0 Å². The second kappa shape index (κ2) is 7.11. The van der Waals surface area contributed by atoms with Crippen LogP contribution in [-0.4, -0.2) is 32.1 Å². The third kappa shape index (κ3) is 2.98. The number of hydrogen-bond acceptors (Lipinski definition) is 6. The third-order valence-electron chi connectivity index (χ3n) is 5.56. The topological polar surface area (TPSA) is 86.6 Å². The number of rotatable bonds is 2. The lowest BCUT2D eigenvalue weighted by atomic mass is 9.93. The van der Waals surface area contributed by atoms with E-state index in [0.717, 1.165) is 45.6 Å². The number of phenolic OH excluding ortho intramolecular Hbond substituents is 2. The first-order chi connectivity index (χ1) is 14.5. The number of carbonyl (C=O) groups is 1. The molecule has 0 fully saturated rings. The Labute approximate surface area is 177 Å². The molecule has 30 heavy (non-hydrogen) atoms. The summed E-state index contributed by atoms with van der Waals surface area (Å²) < 4.78 is 1.04.